The molecule has 1 atom stereocenters. The van der Waals surface area contributed by atoms with Gasteiger partial charge in [-0.2, -0.15) is 0 Å². The summed E-state index contributed by atoms with van der Waals surface area (Å²) in [5.74, 6) is 0.489. The minimum absolute atomic E-state index is 0.0152. The van der Waals surface area contributed by atoms with E-state index < -0.39 is 5.82 Å². The third-order valence-corrected chi connectivity index (χ3v) is 4.00. The van der Waals surface area contributed by atoms with Crippen molar-refractivity contribution in [2.75, 3.05) is 12.3 Å². The van der Waals surface area contributed by atoms with E-state index in [-0.39, 0.29) is 11.6 Å². The quantitative estimate of drug-likeness (QED) is 0.839. The lowest BCUT2D eigenvalue weighted by molar-refractivity contribution is 0.0946. The monoisotopic (exact) mass is 314 g/mol. The van der Waals surface area contributed by atoms with Gasteiger partial charge in [0.15, 0.2) is 0 Å². The molecular formula is C13H16BrFN2O. The van der Waals surface area contributed by atoms with Crippen molar-refractivity contribution in [2.24, 2.45) is 11.8 Å². The average molecular weight is 315 g/mol. The van der Waals surface area contributed by atoms with Crippen LogP contribution in [0.25, 0.3) is 0 Å². The Bertz CT molecular complexity index is 474. The van der Waals surface area contributed by atoms with Crippen LogP contribution in [0.2, 0.25) is 0 Å². The van der Waals surface area contributed by atoms with Crippen LogP contribution in [0.15, 0.2) is 16.6 Å². The largest absolute Gasteiger partial charge is 0.396 e. The van der Waals surface area contributed by atoms with E-state index in [1.54, 1.807) is 0 Å². The van der Waals surface area contributed by atoms with E-state index in [0.717, 1.165) is 5.92 Å². The molecule has 1 fully saturated rings. The van der Waals surface area contributed by atoms with Crippen molar-refractivity contribution in [3.05, 3.63) is 28.0 Å². The van der Waals surface area contributed by atoms with Crippen molar-refractivity contribution in [1.29, 1.82) is 0 Å². The first-order valence-electron chi connectivity index (χ1n) is 6.01. The smallest absolute Gasteiger partial charge is 0.252 e. The molecule has 0 radical (unpaired) electrons. The molecule has 98 valence electrons. The summed E-state index contributed by atoms with van der Waals surface area (Å²) >= 11 is 3.17. The lowest BCUT2D eigenvalue weighted by atomic mass is 10.1. The number of nitrogens with one attached hydrogen (secondary N) is 1. The van der Waals surface area contributed by atoms with Gasteiger partial charge in [-0.05, 0) is 52.7 Å². The van der Waals surface area contributed by atoms with Crippen LogP contribution in [0.3, 0.4) is 0 Å². The van der Waals surface area contributed by atoms with Crippen LogP contribution in [0.4, 0.5) is 10.1 Å². The van der Waals surface area contributed by atoms with Gasteiger partial charge < -0.3 is 11.1 Å². The van der Waals surface area contributed by atoms with E-state index in [0.29, 0.717) is 22.5 Å². The summed E-state index contributed by atoms with van der Waals surface area (Å²) in [5.41, 5.74) is 5.82. The van der Waals surface area contributed by atoms with E-state index in [9.17, 15) is 9.18 Å². The Morgan fingerprint density at radius 3 is 2.89 bits per heavy atom. The molecular weight excluding hydrogens is 299 g/mol. The highest BCUT2D eigenvalue weighted by Crippen LogP contribution is 2.36. The number of amides is 1. The number of nitrogens with two attached hydrogens (primary N) is 1. The van der Waals surface area contributed by atoms with Gasteiger partial charge in [-0.15, -0.1) is 0 Å². The number of halogens is 2. The average Bonchev–Trinajstić information content (AvgIpc) is 3.14. The van der Waals surface area contributed by atoms with E-state index in [1.807, 2.05) is 0 Å². The van der Waals surface area contributed by atoms with Gasteiger partial charge in [0.25, 0.3) is 5.91 Å². The maximum Gasteiger partial charge on any atom is 0.252 e. The van der Waals surface area contributed by atoms with Gasteiger partial charge in [0.2, 0.25) is 0 Å². The highest BCUT2D eigenvalue weighted by Gasteiger charge is 2.28. The fraction of sp³-hybridized carbons (Fsp3) is 0.462. The molecule has 1 aromatic carbocycles. The summed E-state index contributed by atoms with van der Waals surface area (Å²) in [4.78, 5) is 12.0. The molecule has 2 rings (SSSR count). The molecule has 1 aliphatic rings. The molecule has 18 heavy (non-hydrogen) atoms. The minimum Gasteiger partial charge on any atom is -0.396 e. The fourth-order valence-corrected chi connectivity index (χ4v) is 2.42. The number of hydrogen-bond acceptors (Lipinski definition) is 2. The zero-order chi connectivity index (χ0) is 13.3. The normalized spacial score (nSPS) is 16.4. The topological polar surface area (TPSA) is 55.1 Å². The lowest BCUT2D eigenvalue weighted by Crippen LogP contribution is -2.29. The summed E-state index contributed by atoms with van der Waals surface area (Å²) in [7, 11) is 0. The summed E-state index contributed by atoms with van der Waals surface area (Å²) in [5, 5.41) is 2.86. The second-order valence-corrected chi connectivity index (χ2v) is 5.73. The van der Waals surface area contributed by atoms with Crippen LogP contribution >= 0.6 is 15.9 Å². The van der Waals surface area contributed by atoms with Gasteiger partial charge in [-0.3, -0.25) is 4.79 Å². The first-order valence-corrected chi connectivity index (χ1v) is 6.81. The number of nitrogen functional groups attached to an aromatic ring is 1. The van der Waals surface area contributed by atoms with E-state index in [1.165, 1.54) is 25.0 Å². The van der Waals surface area contributed by atoms with Gasteiger partial charge in [-0.25, -0.2) is 4.39 Å². The van der Waals surface area contributed by atoms with Crippen LogP contribution in [0.1, 0.15) is 30.1 Å². The molecule has 1 aliphatic carbocycles. The molecule has 5 heteroatoms. The Balaban J connectivity index is 2.01. The first kappa shape index (κ1) is 13.3. The zero-order valence-corrected chi connectivity index (χ0v) is 11.8. The molecule has 1 amide bonds. The highest BCUT2D eigenvalue weighted by atomic mass is 79.9. The minimum atomic E-state index is -0.523. The number of carbonyl (C=O) groups is 1. The third-order valence-electron chi connectivity index (χ3n) is 3.34. The SMILES string of the molecule is CC(CNC(=O)c1cc(N)c(F)cc1Br)C1CC1. The Labute approximate surface area is 114 Å². The Hall–Kier alpha value is -1.10. The molecule has 3 N–H and O–H groups in total. The summed E-state index contributed by atoms with van der Waals surface area (Å²) in [6.07, 6.45) is 2.51. The second kappa shape index (κ2) is 5.26. The Kier molecular flexibility index (Phi) is 3.90. The van der Waals surface area contributed by atoms with Crippen molar-refractivity contribution in [2.45, 2.75) is 19.8 Å². The van der Waals surface area contributed by atoms with E-state index in [4.69, 9.17) is 5.73 Å². The molecule has 0 spiro atoms. The maximum absolute atomic E-state index is 13.2. The molecule has 1 saturated carbocycles. The number of benzene rings is 1. The molecule has 0 bridgehead atoms. The van der Waals surface area contributed by atoms with Crippen molar-refractivity contribution < 1.29 is 9.18 Å². The van der Waals surface area contributed by atoms with Crippen molar-refractivity contribution in [3.63, 3.8) is 0 Å². The predicted molar refractivity (Wildman–Crippen MR) is 72.7 cm³/mol. The number of anilines is 1. The highest BCUT2D eigenvalue weighted by molar-refractivity contribution is 9.10. The van der Waals surface area contributed by atoms with Gasteiger partial charge in [0, 0.05) is 11.0 Å². The van der Waals surface area contributed by atoms with Gasteiger partial charge in [0.05, 0.1) is 11.3 Å². The van der Waals surface area contributed by atoms with Gasteiger partial charge in [0.1, 0.15) is 5.82 Å². The standard InChI is InChI=1S/C13H16BrFN2O/c1-7(8-2-3-8)6-17-13(18)9-4-12(16)11(15)5-10(9)14/h4-5,7-8H,2-3,6,16H2,1H3,(H,17,18). The number of carbonyl (C=O) groups excluding carboxylic acids is 1. The Morgan fingerprint density at radius 2 is 2.28 bits per heavy atom. The second-order valence-electron chi connectivity index (χ2n) is 4.88. The van der Waals surface area contributed by atoms with Crippen LogP contribution in [0, 0.1) is 17.7 Å². The molecule has 1 unspecified atom stereocenters. The summed E-state index contributed by atoms with van der Waals surface area (Å²) in [6, 6.07) is 2.57. The third kappa shape index (κ3) is 3.02. The van der Waals surface area contributed by atoms with Crippen LogP contribution in [0.5, 0.6) is 0 Å². The fourth-order valence-electron chi connectivity index (χ4n) is 1.92. The van der Waals surface area contributed by atoms with E-state index in [2.05, 4.69) is 28.2 Å². The van der Waals surface area contributed by atoms with Crippen LogP contribution < -0.4 is 11.1 Å². The maximum atomic E-state index is 13.2. The summed E-state index contributed by atoms with van der Waals surface area (Å²) < 4.78 is 13.6. The number of rotatable bonds is 4. The molecule has 1 aromatic rings. The molecule has 0 aliphatic heterocycles. The van der Waals surface area contributed by atoms with Gasteiger partial charge >= 0.3 is 0 Å². The summed E-state index contributed by atoms with van der Waals surface area (Å²) in [6.45, 7) is 2.78. The van der Waals surface area contributed by atoms with Crippen LogP contribution in [-0.4, -0.2) is 12.5 Å². The zero-order valence-electron chi connectivity index (χ0n) is 10.2. The predicted octanol–water partition coefficient (Wildman–Crippen LogP) is 2.95. The van der Waals surface area contributed by atoms with E-state index >= 15 is 0 Å². The first-order chi connectivity index (χ1) is 8.49. The molecule has 0 saturated heterocycles. The van der Waals surface area contributed by atoms with Crippen LogP contribution in [-0.2, 0) is 0 Å². The number of hydrogen-bond donors (Lipinski definition) is 2. The Morgan fingerprint density at radius 1 is 1.61 bits per heavy atom. The van der Waals surface area contributed by atoms with Crippen molar-refractivity contribution in [1.82, 2.24) is 5.32 Å². The lowest BCUT2D eigenvalue weighted by Gasteiger charge is -2.12. The molecule has 3 nitrogen and oxygen atoms in total. The van der Waals surface area contributed by atoms with Crippen molar-refractivity contribution >= 4 is 27.5 Å². The molecule has 0 aromatic heterocycles. The van der Waals surface area contributed by atoms with Gasteiger partial charge in [-0.1, -0.05) is 6.92 Å². The van der Waals surface area contributed by atoms with Crippen molar-refractivity contribution in [3.8, 4) is 0 Å². The molecule has 0 heterocycles.